The summed E-state index contributed by atoms with van der Waals surface area (Å²) in [5.41, 5.74) is 0.308. The second-order valence-corrected chi connectivity index (χ2v) is 6.21. The summed E-state index contributed by atoms with van der Waals surface area (Å²) in [6, 6.07) is 10.7. The lowest BCUT2D eigenvalue weighted by Gasteiger charge is -2.20. The second-order valence-electron chi connectivity index (χ2n) is 5.80. The predicted octanol–water partition coefficient (Wildman–Crippen LogP) is 3.14. The van der Waals surface area contributed by atoms with Crippen LogP contribution in [0.3, 0.4) is 0 Å². The average molecular weight is 390 g/mol. The molecule has 0 aliphatic rings. The number of amides is 1. The van der Waals surface area contributed by atoms with Crippen LogP contribution in [-0.2, 0) is 11.3 Å². The maximum atomic E-state index is 13.1. The van der Waals surface area contributed by atoms with Gasteiger partial charge < -0.3 is 14.6 Å². The number of halogens is 2. The van der Waals surface area contributed by atoms with Crippen molar-refractivity contribution < 1.29 is 13.9 Å². The lowest BCUT2D eigenvalue weighted by molar-refractivity contribution is -0.133. The Morgan fingerprint density at radius 3 is 2.81 bits per heavy atom. The highest BCUT2D eigenvalue weighted by atomic mass is 35.5. The van der Waals surface area contributed by atoms with E-state index >= 15 is 0 Å². The number of carbonyl (C=O) groups excluding carboxylic acids is 1. The van der Waals surface area contributed by atoms with Crippen LogP contribution in [0.2, 0.25) is 5.02 Å². The van der Waals surface area contributed by atoms with Gasteiger partial charge in [-0.25, -0.2) is 9.37 Å². The van der Waals surface area contributed by atoms with Crippen LogP contribution in [0.25, 0.3) is 10.9 Å². The number of nitrogens with one attached hydrogen (secondary N) is 1. The summed E-state index contributed by atoms with van der Waals surface area (Å²) in [5, 5.41) is 0.580. The van der Waals surface area contributed by atoms with Crippen LogP contribution < -0.4 is 10.3 Å². The molecular formula is C19H17ClFN3O3. The number of likely N-dealkylation sites (N-methyl/N-ethyl adjacent to an activating group) is 1. The molecule has 27 heavy (non-hydrogen) atoms. The molecule has 0 radical (unpaired) electrons. The molecule has 0 saturated heterocycles. The molecule has 3 aromatic rings. The number of ether oxygens (including phenoxy) is 1. The van der Waals surface area contributed by atoms with Crippen molar-refractivity contribution in [3.8, 4) is 5.75 Å². The highest BCUT2D eigenvalue weighted by Gasteiger charge is 2.16. The van der Waals surface area contributed by atoms with Crippen LogP contribution in [0.5, 0.6) is 5.75 Å². The summed E-state index contributed by atoms with van der Waals surface area (Å²) < 4.78 is 18.4. The molecule has 2 aromatic carbocycles. The fourth-order valence-electron chi connectivity index (χ4n) is 2.59. The van der Waals surface area contributed by atoms with Crippen molar-refractivity contribution in [2.24, 2.45) is 0 Å². The number of hydrogen-bond acceptors (Lipinski definition) is 4. The summed E-state index contributed by atoms with van der Waals surface area (Å²) in [6.07, 6.45) is 0. The normalized spacial score (nSPS) is 10.8. The molecular weight excluding hydrogens is 373 g/mol. The van der Waals surface area contributed by atoms with E-state index < -0.39 is 5.82 Å². The van der Waals surface area contributed by atoms with E-state index in [4.69, 9.17) is 16.3 Å². The fraction of sp³-hybridized carbons (Fsp3) is 0.211. The molecule has 0 aliphatic carbocycles. The minimum absolute atomic E-state index is 0.0892. The fourth-order valence-corrected chi connectivity index (χ4v) is 2.81. The summed E-state index contributed by atoms with van der Waals surface area (Å²) in [7, 11) is 0. The smallest absolute Gasteiger partial charge is 0.260 e. The van der Waals surface area contributed by atoms with E-state index in [1.54, 1.807) is 24.3 Å². The van der Waals surface area contributed by atoms with Gasteiger partial charge in [-0.15, -0.1) is 0 Å². The van der Waals surface area contributed by atoms with Crippen LogP contribution in [0, 0.1) is 5.82 Å². The van der Waals surface area contributed by atoms with Crippen molar-refractivity contribution >= 4 is 28.4 Å². The van der Waals surface area contributed by atoms with Crippen molar-refractivity contribution in [3.05, 3.63) is 69.5 Å². The minimum Gasteiger partial charge on any atom is -0.482 e. The third-order valence-corrected chi connectivity index (χ3v) is 4.28. The molecule has 1 N–H and O–H groups in total. The van der Waals surface area contributed by atoms with Gasteiger partial charge in [-0.2, -0.15) is 0 Å². The number of H-pyrrole nitrogens is 1. The Balaban J connectivity index is 1.71. The topological polar surface area (TPSA) is 75.3 Å². The maximum absolute atomic E-state index is 13.1. The molecule has 0 bridgehead atoms. The minimum atomic E-state index is -0.486. The molecule has 0 saturated carbocycles. The Kier molecular flexibility index (Phi) is 5.71. The first-order valence-electron chi connectivity index (χ1n) is 8.31. The van der Waals surface area contributed by atoms with E-state index in [0.29, 0.717) is 23.3 Å². The number of para-hydroxylation sites is 1. The number of carbonyl (C=O) groups is 1. The first kappa shape index (κ1) is 18.8. The van der Waals surface area contributed by atoms with Crippen molar-refractivity contribution in [1.29, 1.82) is 0 Å². The van der Waals surface area contributed by atoms with Crippen molar-refractivity contribution in [2.75, 3.05) is 13.2 Å². The summed E-state index contributed by atoms with van der Waals surface area (Å²) >= 11 is 5.89. The standard InChI is InChI=1S/C19H17ClFN3O3/c1-2-24(18(25)11-27-16-8-7-12(21)9-14(16)20)10-17-22-15-6-4-3-5-13(15)19(26)23-17/h3-9H,2,10-11H2,1H3,(H,22,23,26). The average Bonchev–Trinajstić information content (AvgIpc) is 2.65. The number of rotatable bonds is 6. The van der Waals surface area contributed by atoms with Gasteiger partial charge in [-0.05, 0) is 37.3 Å². The van der Waals surface area contributed by atoms with E-state index in [1.165, 1.54) is 17.0 Å². The van der Waals surface area contributed by atoms with E-state index in [9.17, 15) is 14.0 Å². The highest BCUT2D eigenvalue weighted by molar-refractivity contribution is 6.32. The molecule has 1 heterocycles. The van der Waals surface area contributed by atoms with Gasteiger partial charge in [-0.3, -0.25) is 9.59 Å². The molecule has 0 atom stereocenters. The molecule has 3 rings (SSSR count). The van der Waals surface area contributed by atoms with Crippen LogP contribution in [0.15, 0.2) is 47.3 Å². The monoisotopic (exact) mass is 389 g/mol. The number of nitrogens with zero attached hydrogens (tertiary/aromatic N) is 2. The first-order chi connectivity index (χ1) is 13.0. The summed E-state index contributed by atoms with van der Waals surface area (Å²) in [4.78, 5) is 33.2. The second kappa shape index (κ2) is 8.18. The molecule has 0 unspecified atom stereocenters. The van der Waals surface area contributed by atoms with Crippen LogP contribution in [0.4, 0.5) is 4.39 Å². The van der Waals surface area contributed by atoms with E-state index in [1.807, 2.05) is 6.92 Å². The Hall–Kier alpha value is -2.93. The molecule has 0 fully saturated rings. The van der Waals surface area contributed by atoms with E-state index in [-0.39, 0.29) is 35.4 Å². The number of aromatic amines is 1. The van der Waals surface area contributed by atoms with Gasteiger partial charge >= 0.3 is 0 Å². The number of aromatic nitrogens is 2. The molecule has 8 heteroatoms. The van der Waals surface area contributed by atoms with Gasteiger partial charge in [0, 0.05) is 6.54 Å². The van der Waals surface area contributed by atoms with Crippen LogP contribution in [-0.4, -0.2) is 33.9 Å². The van der Waals surface area contributed by atoms with E-state index in [2.05, 4.69) is 9.97 Å². The van der Waals surface area contributed by atoms with Crippen LogP contribution in [0.1, 0.15) is 12.7 Å². The van der Waals surface area contributed by atoms with Gasteiger partial charge in [0.15, 0.2) is 6.61 Å². The van der Waals surface area contributed by atoms with Crippen molar-refractivity contribution in [3.63, 3.8) is 0 Å². The SMILES string of the molecule is CCN(Cc1nc2ccccc2c(=O)[nH]1)C(=O)COc1ccc(F)cc1Cl. The molecule has 0 aliphatic heterocycles. The summed E-state index contributed by atoms with van der Waals surface area (Å²) in [6.45, 7) is 2.07. The third kappa shape index (κ3) is 4.43. The quantitative estimate of drug-likeness (QED) is 0.702. The maximum Gasteiger partial charge on any atom is 0.260 e. The Bertz CT molecular complexity index is 1040. The number of benzene rings is 2. The van der Waals surface area contributed by atoms with Crippen LogP contribution >= 0.6 is 11.6 Å². The number of hydrogen-bond donors (Lipinski definition) is 1. The van der Waals surface area contributed by atoms with Gasteiger partial charge in [0.1, 0.15) is 17.4 Å². The lowest BCUT2D eigenvalue weighted by atomic mass is 10.2. The largest absolute Gasteiger partial charge is 0.482 e. The zero-order valence-corrected chi connectivity index (χ0v) is 15.3. The zero-order valence-electron chi connectivity index (χ0n) is 14.5. The van der Waals surface area contributed by atoms with Crippen molar-refractivity contribution in [1.82, 2.24) is 14.9 Å². The third-order valence-electron chi connectivity index (χ3n) is 3.98. The molecule has 0 spiro atoms. The summed E-state index contributed by atoms with van der Waals surface area (Å²) in [5.74, 6) is -0.192. The molecule has 6 nitrogen and oxygen atoms in total. The predicted molar refractivity (Wildman–Crippen MR) is 100 cm³/mol. The van der Waals surface area contributed by atoms with Crippen molar-refractivity contribution in [2.45, 2.75) is 13.5 Å². The van der Waals surface area contributed by atoms with Gasteiger partial charge in [-0.1, -0.05) is 23.7 Å². The Morgan fingerprint density at radius 2 is 2.07 bits per heavy atom. The molecule has 1 aromatic heterocycles. The highest BCUT2D eigenvalue weighted by Crippen LogP contribution is 2.24. The van der Waals surface area contributed by atoms with Gasteiger partial charge in [0.2, 0.25) is 0 Å². The zero-order chi connectivity index (χ0) is 19.4. The Labute approximate surface area is 159 Å². The van der Waals surface area contributed by atoms with E-state index in [0.717, 1.165) is 6.07 Å². The van der Waals surface area contributed by atoms with Gasteiger partial charge in [0.05, 0.1) is 22.5 Å². The lowest BCUT2D eigenvalue weighted by Crippen LogP contribution is -2.35. The Morgan fingerprint density at radius 1 is 1.30 bits per heavy atom. The first-order valence-corrected chi connectivity index (χ1v) is 8.69. The molecule has 1 amide bonds. The molecule has 140 valence electrons. The van der Waals surface area contributed by atoms with Gasteiger partial charge in [0.25, 0.3) is 11.5 Å². The number of fused-ring (bicyclic) bond motifs is 1.